The van der Waals surface area contributed by atoms with Crippen LogP contribution in [0.2, 0.25) is 0 Å². The summed E-state index contributed by atoms with van der Waals surface area (Å²) in [5, 5.41) is 8.92. The highest BCUT2D eigenvalue weighted by Crippen LogP contribution is 2.24. The first-order valence-electron chi connectivity index (χ1n) is 15.3. The van der Waals surface area contributed by atoms with Crippen molar-refractivity contribution >= 4 is 17.5 Å². The second-order valence-electron chi connectivity index (χ2n) is 11.1. The summed E-state index contributed by atoms with van der Waals surface area (Å²) in [7, 11) is 0. The van der Waals surface area contributed by atoms with Crippen molar-refractivity contribution in [3.05, 3.63) is 53.3 Å². The number of nitrogens with zero attached hydrogens (tertiary/aromatic N) is 3. The van der Waals surface area contributed by atoms with Crippen LogP contribution in [0.4, 0.5) is 0 Å². The first kappa shape index (κ1) is 34.1. The molecule has 1 atom stereocenters. The molecule has 1 heterocycles. The molecule has 1 aromatic carbocycles. The molecule has 1 aliphatic carbocycles. The number of hydrogen-bond donors (Lipinski definition) is 2. The van der Waals surface area contributed by atoms with Gasteiger partial charge in [-0.25, -0.2) is 0 Å². The van der Waals surface area contributed by atoms with Gasteiger partial charge in [-0.05, 0) is 64.0 Å². The number of aryl methyl sites for hydroxylation is 1. The smallest absolute Gasteiger partial charge is 0.270 e. The van der Waals surface area contributed by atoms with Crippen molar-refractivity contribution in [1.29, 1.82) is 0 Å². The van der Waals surface area contributed by atoms with Crippen molar-refractivity contribution in [2.45, 2.75) is 91.6 Å². The van der Waals surface area contributed by atoms with Crippen LogP contribution in [-0.2, 0) is 9.59 Å². The Balaban J connectivity index is 0.000000317. The Labute approximate surface area is 247 Å². The number of allylic oxidation sites excluding steroid dienone is 1. The van der Waals surface area contributed by atoms with E-state index < -0.39 is 6.61 Å². The van der Waals surface area contributed by atoms with E-state index in [9.17, 15) is 9.59 Å². The first-order valence-corrected chi connectivity index (χ1v) is 15.3. The average molecular weight is 569 g/mol. The molecular weight excluding hydrogens is 516 g/mol. The average Bonchev–Trinajstić information content (AvgIpc) is 2.99. The number of benzene rings is 1. The zero-order valence-corrected chi connectivity index (χ0v) is 25.8. The summed E-state index contributed by atoms with van der Waals surface area (Å²) in [4.78, 5) is 32.1. The number of rotatable bonds is 11. The number of nitrogens with two attached hydrogens (primary N) is 1. The van der Waals surface area contributed by atoms with Crippen LogP contribution in [0, 0.1) is 6.92 Å². The maximum absolute atomic E-state index is 12.7. The summed E-state index contributed by atoms with van der Waals surface area (Å²) < 4.78 is 6.09. The number of aliphatic hydroxyl groups excluding tert-OH is 1. The molecule has 0 bridgehead atoms. The maximum Gasteiger partial charge on any atom is 0.270 e. The van der Waals surface area contributed by atoms with E-state index in [-0.39, 0.29) is 17.5 Å². The highest BCUT2D eigenvalue weighted by Gasteiger charge is 2.27. The molecule has 8 nitrogen and oxygen atoms in total. The number of piperazine rings is 1. The van der Waals surface area contributed by atoms with E-state index in [1.165, 1.54) is 31.2 Å². The van der Waals surface area contributed by atoms with Gasteiger partial charge in [-0.2, -0.15) is 0 Å². The molecule has 8 heteroatoms. The van der Waals surface area contributed by atoms with Gasteiger partial charge in [0.15, 0.2) is 0 Å². The maximum atomic E-state index is 12.7. The zero-order chi connectivity index (χ0) is 30.2. The summed E-state index contributed by atoms with van der Waals surface area (Å²) in [5.41, 5.74) is 10.5. The number of aliphatic imine (C=N–C) groups is 1. The zero-order valence-electron chi connectivity index (χ0n) is 25.8. The highest BCUT2D eigenvalue weighted by molar-refractivity contribution is 6.08. The Bertz CT molecular complexity index is 1060. The Kier molecular flexibility index (Phi) is 15.2. The number of carbonyl (C=O) groups is 2. The van der Waals surface area contributed by atoms with Gasteiger partial charge in [-0.1, -0.05) is 63.5 Å². The molecule has 1 aliphatic heterocycles. The van der Waals surface area contributed by atoms with Crippen LogP contribution >= 0.6 is 0 Å². The molecule has 3 N–H and O–H groups in total. The molecular formula is C33H52N4O4. The lowest BCUT2D eigenvalue weighted by Crippen LogP contribution is -2.52. The van der Waals surface area contributed by atoms with Crippen LogP contribution in [0.5, 0.6) is 5.75 Å². The minimum Gasteiger partial charge on any atom is -0.490 e. The van der Waals surface area contributed by atoms with Gasteiger partial charge in [-0.3, -0.25) is 14.6 Å². The van der Waals surface area contributed by atoms with Gasteiger partial charge in [0.25, 0.3) is 5.91 Å². The molecule has 0 aromatic heterocycles. The molecule has 1 unspecified atom stereocenters. The standard InChI is InChI=1S/C18H28N4O3.C15H24O/c1-13(2)11-20-15-6-4-3-5-14(15)17(19)18(25)22-9-7-21(8-10-22)16(24)12-23;1-4-6-11-14(9-5-2)16-15-12-8-7-10-13(15)3/h23H,1,3-12,19H2,2H3;7-8,10,12,14H,4-6,9,11H2,1-3H3/b17-14-,20-15?;. The van der Waals surface area contributed by atoms with E-state index in [0.717, 1.165) is 54.7 Å². The number of ether oxygens (including phenoxy) is 1. The van der Waals surface area contributed by atoms with E-state index in [0.29, 0.717) is 38.8 Å². The number of aliphatic hydroxyl groups is 1. The fourth-order valence-corrected chi connectivity index (χ4v) is 5.03. The minimum absolute atomic E-state index is 0.184. The molecule has 1 saturated heterocycles. The first-order chi connectivity index (χ1) is 19.7. The third-order valence-corrected chi connectivity index (χ3v) is 7.47. The van der Waals surface area contributed by atoms with Crippen LogP contribution in [0.1, 0.15) is 84.1 Å². The summed E-state index contributed by atoms with van der Waals surface area (Å²) in [5.74, 6) is 0.563. The van der Waals surface area contributed by atoms with Gasteiger partial charge < -0.3 is 25.4 Å². The molecule has 0 radical (unpaired) electrons. The largest absolute Gasteiger partial charge is 0.490 e. The number of hydrogen-bond acceptors (Lipinski definition) is 6. The molecule has 2 fully saturated rings. The number of para-hydroxylation sites is 1. The monoisotopic (exact) mass is 568 g/mol. The fourth-order valence-electron chi connectivity index (χ4n) is 5.03. The molecule has 0 spiro atoms. The van der Waals surface area contributed by atoms with Gasteiger partial charge in [0.05, 0.1) is 12.6 Å². The van der Waals surface area contributed by atoms with Crippen LogP contribution in [0.15, 0.2) is 52.7 Å². The summed E-state index contributed by atoms with van der Waals surface area (Å²) in [6, 6.07) is 8.29. The minimum atomic E-state index is -0.497. The van der Waals surface area contributed by atoms with Gasteiger partial charge in [-0.15, -0.1) is 0 Å². The Morgan fingerprint density at radius 1 is 1.05 bits per heavy atom. The summed E-state index contributed by atoms with van der Waals surface area (Å²) >= 11 is 0. The summed E-state index contributed by atoms with van der Waals surface area (Å²) in [6.45, 7) is 14.1. The van der Waals surface area contributed by atoms with Crippen molar-refractivity contribution in [2.24, 2.45) is 10.7 Å². The second-order valence-corrected chi connectivity index (χ2v) is 11.1. The highest BCUT2D eigenvalue weighted by atomic mass is 16.5. The van der Waals surface area contributed by atoms with E-state index in [1.807, 2.05) is 13.0 Å². The van der Waals surface area contributed by atoms with Crippen molar-refractivity contribution in [3.8, 4) is 5.75 Å². The van der Waals surface area contributed by atoms with E-state index >= 15 is 0 Å². The van der Waals surface area contributed by atoms with Crippen LogP contribution < -0.4 is 10.5 Å². The topological polar surface area (TPSA) is 108 Å². The Morgan fingerprint density at radius 2 is 1.71 bits per heavy atom. The van der Waals surface area contributed by atoms with Crippen LogP contribution in [0.3, 0.4) is 0 Å². The van der Waals surface area contributed by atoms with Crippen molar-refractivity contribution < 1.29 is 19.4 Å². The third kappa shape index (κ3) is 11.3. The molecule has 41 heavy (non-hydrogen) atoms. The second kappa shape index (κ2) is 18.3. The van der Waals surface area contributed by atoms with Gasteiger partial charge in [0.1, 0.15) is 18.1 Å². The summed E-state index contributed by atoms with van der Waals surface area (Å²) in [6.07, 6.45) is 10.1. The van der Waals surface area contributed by atoms with Crippen molar-refractivity contribution in [1.82, 2.24) is 9.80 Å². The quantitative estimate of drug-likeness (QED) is 0.282. The lowest BCUT2D eigenvalue weighted by atomic mass is 9.90. The number of unbranched alkanes of at least 4 members (excludes halogenated alkanes) is 1. The Hall–Kier alpha value is -3.13. The van der Waals surface area contributed by atoms with E-state index in [2.05, 4.69) is 50.5 Å². The van der Waals surface area contributed by atoms with Crippen molar-refractivity contribution in [2.75, 3.05) is 39.3 Å². The molecule has 3 rings (SSSR count). The van der Waals surface area contributed by atoms with Crippen molar-refractivity contribution in [3.63, 3.8) is 0 Å². The van der Waals surface area contributed by atoms with Crippen LogP contribution in [-0.4, -0.2) is 77.9 Å². The van der Waals surface area contributed by atoms with E-state index in [4.69, 9.17) is 15.6 Å². The van der Waals surface area contributed by atoms with Gasteiger partial charge >= 0.3 is 0 Å². The predicted octanol–water partition coefficient (Wildman–Crippen LogP) is 5.19. The molecule has 1 saturated carbocycles. The number of carbonyl (C=O) groups excluding carboxylic acids is 2. The lowest BCUT2D eigenvalue weighted by molar-refractivity contribution is -0.139. The molecule has 1 aromatic rings. The number of amides is 2. The lowest BCUT2D eigenvalue weighted by Gasteiger charge is -2.35. The Morgan fingerprint density at radius 3 is 2.32 bits per heavy atom. The molecule has 228 valence electrons. The van der Waals surface area contributed by atoms with Crippen LogP contribution in [0.25, 0.3) is 0 Å². The van der Waals surface area contributed by atoms with Gasteiger partial charge in [0.2, 0.25) is 5.91 Å². The third-order valence-electron chi connectivity index (χ3n) is 7.47. The van der Waals surface area contributed by atoms with E-state index in [1.54, 1.807) is 9.80 Å². The molecule has 2 amide bonds. The molecule has 2 aliphatic rings. The fraction of sp³-hybridized carbons (Fsp3) is 0.606. The predicted molar refractivity (Wildman–Crippen MR) is 167 cm³/mol. The normalized spacial score (nSPS) is 18.3. The SMILES string of the molecule is C=C(C)CN=C1CCCC/C1=C(/N)C(=O)N1CCN(C(=O)CO)CC1.CCCCC(CCC)Oc1ccccc1C. The van der Waals surface area contributed by atoms with Gasteiger partial charge in [0, 0.05) is 37.5 Å².